The second kappa shape index (κ2) is 4.76. The number of anilines is 1. The van der Waals surface area contributed by atoms with Gasteiger partial charge in [-0.2, -0.15) is 0 Å². The molecule has 0 aromatic heterocycles. The molecule has 0 aliphatic heterocycles. The predicted molar refractivity (Wildman–Crippen MR) is 74.5 cm³/mol. The Morgan fingerprint density at radius 2 is 1.74 bits per heavy atom. The summed E-state index contributed by atoms with van der Waals surface area (Å²) in [6.07, 6.45) is 3.36. The average Bonchev–Trinajstić information content (AvgIpc) is 2.88. The number of amides is 1. The highest BCUT2D eigenvalue weighted by molar-refractivity contribution is 6.04. The fourth-order valence-electron chi connectivity index (χ4n) is 2.46. The summed E-state index contributed by atoms with van der Waals surface area (Å²) in [5.74, 6) is 0.0796. The summed E-state index contributed by atoms with van der Waals surface area (Å²) in [7, 11) is 0. The zero-order chi connectivity index (χ0) is 13.2. The van der Waals surface area contributed by atoms with Crippen molar-refractivity contribution in [3.63, 3.8) is 0 Å². The summed E-state index contributed by atoms with van der Waals surface area (Å²) in [6.45, 7) is 0. The van der Waals surface area contributed by atoms with Gasteiger partial charge in [0.2, 0.25) is 0 Å². The number of benzene rings is 2. The van der Waals surface area contributed by atoms with Gasteiger partial charge in [0, 0.05) is 11.3 Å². The Kier molecular flexibility index (Phi) is 2.95. The zero-order valence-electron chi connectivity index (χ0n) is 10.5. The van der Waals surface area contributed by atoms with Gasteiger partial charge in [0.25, 0.3) is 5.91 Å². The Morgan fingerprint density at radius 1 is 1.00 bits per heavy atom. The van der Waals surface area contributed by atoms with Crippen molar-refractivity contribution >= 4 is 11.6 Å². The molecule has 0 radical (unpaired) electrons. The molecule has 2 N–H and O–H groups in total. The van der Waals surface area contributed by atoms with Crippen molar-refractivity contribution in [1.82, 2.24) is 0 Å². The highest BCUT2D eigenvalue weighted by atomic mass is 16.3. The normalized spacial score (nSPS) is 13.1. The Balaban J connectivity index is 1.78. The van der Waals surface area contributed by atoms with Gasteiger partial charge in [-0.1, -0.05) is 6.07 Å². The lowest BCUT2D eigenvalue weighted by molar-refractivity contribution is 0.102. The molecule has 1 aliphatic rings. The van der Waals surface area contributed by atoms with Gasteiger partial charge in [0.05, 0.1) is 0 Å². The van der Waals surface area contributed by atoms with Crippen LogP contribution in [0.3, 0.4) is 0 Å². The smallest absolute Gasteiger partial charge is 0.255 e. The van der Waals surface area contributed by atoms with Crippen molar-refractivity contribution in [3.05, 3.63) is 59.2 Å². The molecular formula is C16H15NO2. The number of carbonyl (C=O) groups is 1. The third kappa shape index (κ3) is 2.45. The van der Waals surface area contributed by atoms with E-state index in [1.54, 1.807) is 24.3 Å². The number of phenols is 1. The average molecular weight is 253 g/mol. The van der Waals surface area contributed by atoms with Crippen LogP contribution in [0.25, 0.3) is 0 Å². The number of hydrogen-bond acceptors (Lipinski definition) is 2. The molecule has 0 bridgehead atoms. The summed E-state index contributed by atoms with van der Waals surface area (Å²) in [4.78, 5) is 12.1. The van der Waals surface area contributed by atoms with E-state index in [1.807, 2.05) is 18.2 Å². The number of aromatic hydroxyl groups is 1. The van der Waals surface area contributed by atoms with Crippen LogP contribution in [-0.4, -0.2) is 11.0 Å². The SMILES string of the molecule is O=C(Nc1ccc(O)cc1)c1ccc2c(c1)CCC2. The number of fused-ring (bicyclic) bond motifs is 1. The quantitative estimate of drug-likeness (QED) is 0.808. The minimum Gasteiger partial charge on any atom is -0.508 e. The van der Waals surface area contributed by atoms with Gasteiger partial charge >= 0.3 is 0 Å². The van der Waals surface area contributed by atoms with Gasteiger partial charge in [0.1, 0.15) is 5.75 Å². The van der Waals surface area contributed by atoms with Crippen LogP contribution in [0.1, 0.15) is 27.9 Å². The number of phenolic OH excluding ortho intramolecular Hbond substituents is 1. The predicted octanol–water partition coefficient (Wildman–Crippen LogP) is 3.13. The molecule has 0 spiro atoms. The van der Waals surface area contributed by atoms with E-state index in [0.717, 1.165) is 12.8 Å². The van der Waals surface area contributed by atoms with E-state index >= 15 is 0 Å². The Bertz CT molecular complexity index is 617. The molecule has 19 heavy (non-hydrogen) atoms. The summed E-state index contributed by atoms with van der Waals surface area (Å²) in [5, 5.41) is 12.0. The summed E-state index contributed by atoms with van der Waals surface area (Å²) in [5.41, 5.74) is 4.02. The maximum atomic E-state index is 12.1. The molecule has 0 saturated heterocycles. The second-order valence-corrected chi connectivity index (χ2v) is 4.84. The van der Waals surface area contributed by atoms with Crippen LogP contribution in [0.2, 0.25) is 0 Å². The fourth-order valence-corrected chi connectivity index (χ4v) is 2.46. The number of rotatable bonds is 2. The Hall–Kier alpha value is -2.29. The molecule has 0 unspecified atom stereocenters. The molecule has 96 valence electrons. The highest BCUT2D eigenvalue weighted by Gasteiger charge is 2.13. The van der Waals surface area contributed by atoms with E-state index in [-0.39, 0.29) is 11.7 Å². The van der Waals surface area contributed by atoms with E-state index in [9.17, 15) is 9.90 Å². The second-order valence-electron chi connectivity index (χ2n) is 4.84. The van der Waals surface area contributed by atoms with Crippen LogP contribution < -0.4 is 5.32 Å². The van der Waals surface area contributed by atoms with E-state index in [1.165, 1.54) is 17.5 Å². The summed E-state index contributed by atoms with van der Waals surface area (Å²) < 4.78 is 0. The van der Waals surface area contributed by atoms with Crippen molar-refractivity contribution in [2.45, 2.75) is 19.3 Å². The van der Waals surface area contributed by atoms with Gasteiger partial charge in [0.15, 0.2) is 0 Å². The van der Waals surface area contributed by atoms with E-state index in [0.29, 0.717) is 11.3 Å². The first-order valence-corrected chi connectivity index (χ1v) is 6.44. The number of nitrogens with one attached hydrogen (secondary N) is 1. The molecule has 3 nitrogen and oxygen atoms in total. The molecule has 3 heteroatoms. The van der Waals surface area contributed by atoms with Crippen molar-refractivity contribution in [2.24, 2.45) is 0 Å². The van der Waals surface area contributed by atoms with Crippen LogP contribution in [0.5, 0.6) is 5.75 Å². The van der Waals surface area contributed by atoms with Gasteiger partial charge in [-0.05, 0) is 66.8 Å². The van der Waals surface area contributed by atoms with Gasteiger partial charge in [-0.3, -0.25) is 4.79 Å². The van der Waals surface area contributed by atoms with Gasteiger partial charge in [-0.15, -0.1) is 0 Å². The first-order valence-electron chi connectivity index (χ1n) is 6.44. The molecule has 3 rings (SSSR count). The van der Waals surface area contributed by atoms with E-state index in [2.05, 4.69) is 5.32 Å². The zero-order valence-corrected chi connectivity index (χ0v) is 10.5. The summed E-state index contributed by atoms with van der Waals surface area (Å²) in [6, 6.07) is 12.4. The lowest BCUT2D eigenvalue weighted by Crippen LogP contribution is -2.12. The molecule has 1 aliphatic carbocycles. The van der Waals surface area contributed by atoms with Crippen molar-refractivity contribution in [2.75, 3.05) is 5.32 Å². The van der Waals surface area contributed by atoms with Crippen molar-refractivity contribution < 1.29 is 9.90 Å². The third-order valence-corrected chi connectivity index (χ3v) is 3.49. The molecule has 0 saturated carbocycles. The molecule has 2 aromatic rings. The standard InChI is InChI=1S/C16H15NO2/c18-15-8-6-14(7-9-15)17-16(19)13-5-4-11-2-1-3-12(11)10-13/h4-10,18H,1-3H2,(H,17,19). The topological polar surface area (TPSA) is 49.3 Å². The first-order chi connectivity index (χ1) is 9.22. The lowest BCUT2D eigenvalue weighted by Gasteiger charge is -2.07. The van der Waals surface area contributed by atoms with Crippen molar-refractivity contribution in [1.29, 1.82) is 0 Å². The van der Waals surface area contributed by atoms with E-state index < -0.39 is 0 Å². The molecule has 2 aromatic carbocycles. The van der Waals surface area contributed by atoms with Crippen LogP contribution in [0, 0.1) is 0 Å². The number of carbonyl (C=O) groups excluding carboxylic acids is 1. The van der Waals surface area contributed by atoms with Crippen molar-refractivity contribution in [3.8, 4) is 5.75 Å². The maximum absolute atomic E-state index is 12.1. The number of aryl methyl sites for hydroxylation is 2. The largest absolute Gasteiger partial charge is 0.508 e. The fraction of sp³-hybridized carbons (Fsp3) is 0.188. The van der Waals surface area contributed by atoms with Crippen LogP contribution in [0.15, 0.2) is 42.5 Å². The van der Waals surface area contributed by atoms with Crippen LogP contribution >= 0.6 is 0 Å². The van der Waals surface area contributed by atoms with Gasteiger partial charge < -0.3 is 10.4 Å². The maximum Gasteiger partial charge on any atom is 0.255 e. The Labute approximate surface area is 111 Å². The molecular weight excluding hydrogens is 238 g/mol. The van der Waals surface area contributed by atoms with Gasteiger partial charge in [-0.25, -0.2) is 0 Å². The van der Waals surface area contributed by atoms with E-state index in [4.69, 9.17) is 0 Å². The lowest BCUT2D eigenvalue weighted by atomic mass is 10.1. The summed E-state index contributed by atoms with van der Waals surface area (Å²) >= 11 is 0. The minimum absolute atomic E-state index is 0.111. The third-order valence-electron chi connectivity index (χ3n) is 3.49. The monoisotopic (exact) mass is 253 g/mol. The Morgan fingerprint density at radius 3 is 2.53 bits per heavy atom. The molecule has 1 amide bonds. The number of hydrogen-bond donors (Lipinski definition) is 2. The minimum atomic E-state index is -0.111. The molecule has 0 atom stereocenters. The molecule has 0 heterocycles. The highest BCUT2D eigenvalue weighted by Crippen LogP contribution is 2.23. The first kappa shape index (κ1) is 11.8. The molecule has 0 fully saturated rings. The van der Waals surface area contributed by atoms with Crippen LogP contribution in [0.4, 0.5) is 5.69 Å². The van der Waals surface area contributed by atoms with Crippen LogP contribution in [-0.2, 0) is 12.8 Å².